The summed E-state index contributed by atoms with van der Waals surface area (Å²) < 4.78 is 5.56. The second-order valence-electron chi connectivity index (χ2n) is 4.75. The fourth-order valence-electron chi connectivity index (χ4n) is 2.03. The van der Waals surface area contributed by atoms with Gasteiger partial charge in [0.1, 0.15) is 0 Å². The minimum atomic E-state index is -0.456. The number of rotatable bonds is 4. The van der Waals surface area contributed by atoms with Crippen LogP contribution in [-0.4, -0.2) is 23.3 Å². The van der Waals surface area contributed by atoms with Gasteiger partial charge in [0.2, 0.25) is 5.91 Å². The highest BCUT2D eigenvalue weighted by molar-refractivity contribution is 9.10. The number of amides is 2. The van der Waals surface area contributed by atoms with Crippen LogP contribution in [0.1, 0.15) is 10.6 Å². The third-order valence-corrected chi connectivity index (χ3v) is 3.51. The number of nitrogens with one attached hydrogen (secondary N) is 2. The molecule has 7 heteroatoms. The number of benzene rings is 1. The van der Waals surface area contributed by atoms with Crippen molar-refractivity contribution >= 4 is 44.3 Å². The van der Waals surface area contributed by atoms with E-state index in [-0.39, 0.29) is 18.2 Å². The zero-order valence-corrected chi connectivity index (χ0v) is 13.5. The lowest BCUT2D eigenvalue weighted by atomic mass is 10.2. The molecule has 1 aromatic carbocycles. The average molecular weight is 374 g/mol. The molecule has 0 saturated heterocycles. The molecule has 0 aliphatic carbocycles. The van der Waals surface area contributed by atoms with Crippen molar-refractivity contribution in [2.45, 2.75) is 0 Å². The standard InChI is InChI=1S/C16H12BrN3O3/c17-14-6-5-13(23-14)16(22)19-9-15(21)20-11-7-10-3-1-2-4-12(10)18-8-11/h1-8H,9H2,(H,19,22)(H,20,21). The number of hydrogen-bond donors (Lipinski definition) is 2. The smallest absolute Gasteiger partial charge is 0.287 e. The van der Waals surface area contributed by atoms with Crippen LogP contribution >= 0.6 is 15.9 Å². The third-order valence-electron chi connectivity index (χ3n) is 3.08. The lowest BCUT2D eigenvalue weighted by Gasteiger charge is -2.06. The summed E-state index contributed by atoms with van der Waals surface area (Å²) in [5, 5.41) is 6.10. The lowest BCUT2D eigenvalue weighted by Crippen LogP contribution is -2.32. The van der Waals surface area contributed by atoms with Gasteiger partial charge in [0, 0.05) is 5.39 Å². The van der Waals surface area contributed by atoms with E-state index in [1.165, 1.54) is 6.07 Å². The summed E-state index contributed by atoms with van der Waals surface area (Å²) in [6.07, 6.45) is 1.58. The number of nitrogens with zero attached hydrogens (tertiary/aromatic N) is 1. The Balaban J connectivity index is 1.59. The monoisotopic (exact) mass is 373 g/mol. The number of carbonyl (C=O) groups excluding carboxylic acids is 2. The SMILES string of the molecule is O=C(CNC(=O)c1ccc(Br)o1)Nc1cnc2ccccc2c1. The molecule has 0 unspecified atom stereocenters. The zero-order valence-electron chi connectivity index (χ0n) is 11.9. The van der Waals surface area contributed by atoms with E-state index in [2.05, 4.69) is 31.5 Å². The first-order valence-electron chi connectivity index (χ1n) is 6.80. The van der Waals surface area contributed by atoms with Gasteiger partial charge in [-0.05, 0) is 40.2 Å². The number of fused-ring (bicyclic) bond motifs is 1. The summed E-state index contributed by atoms with van der Waals surface area (Å²) in [5.41, 5.74) is 1.42. The van der Waals surface area contributed by atoms with Gasteiger partial charge < -0.3 is 15.1 Å². The molecule has 2 N–H and O–H groups in total. The molecule has 0 aliphatic rings. The van der Waals surface area contributed by atoms with Crippen LogP contribution in [-0.2, 0) is 4.79 Å². The summed E-state index contributed by atoms with van der Waals surface area (Å²) in [6.45, 7) is -0.163. The summed E-state index contributed by atoms with van der Waals surface area (Å²) in [6, 6.07) is 12.6. The Bertz CT molecular complexity index is 876. The molecular formula is C16H12BrN3O3. The maximum Gasteiger partial charge on any atom is 0.287 e. The molecule has 0 saturated carbocycles. The lowest BCUT2D eigenvalue weighted by molar-refractivity contribution is -0.115. The minimum absolute atomic E-state index is 0.136. The normalized spacial score (nSPS) is 10.5. The quantitative estimate of drug-likeness (QED) is 0.736. The van der Waals surface area contributed by atoms with Gasteiger partial charge in [0.25, 0.3) is 5.91 Å². The molecule has 3 aromatic rings. The van der Waals surface area contributed by atoms with Gasteiger partial charge in [-0.15, -0.1) is 0 Å². The van der Waals surface area contributed by atoms with E-state index in [1.807, 2.05) is 30.3 Å². The summed E-state index contributed by atoms with van der Waals surface area (Å²) in [5.74, 6) is -0.666. The number of anilines is 1. The Kier molecular flexibility index (Phi) is 4.38. The predicted octanol–water partition coefficient (Wildman–Crippen LogP) is 2.96. The maximum atomic E-state index is 11.9. The van der Waals surface area contributed by atoms with Crippen LogP contribution in [0, 0.1) is 0 Å². The highest BCUT2D eigenvalue weighted by Crippen LogP contribution is 2.16. The Morgan fingerprint density at radius 2 is 2.00 bits per heavy atom. The highest BCUT2D eigenvalue weighted by Gasteiger charge is 2.12. The Morgan fingerprint density at radius 1 is 1.17 bits per heavy atom. The van der Waals surface area contributed by atoms with Crippen molar-refractivity contribution < 1.29 is 14.0 Å². The number of para-hydroxylation sites is 1. The van der Waals surface area contributed by atoms with Gasteiger partial charge in [-0.3, -0.25) is 14.6 Å². The number of furan rings is 1. The Labute approximate surface area is 140 Å². The van der Waals surface area contributed by atoms with Crippen molar-refractivity contribution in [3.63, 3.8) is 0 Å². The van der Waals surface area contributed by atoms with Crippen LogP contribution in [0.25, 0.3) is 10.9 Å². The topological polar surface area (TPSA) is 84.2 Å². The molecule has 0 atom stereocenters. The van der Waals surface area contributed by atoms with E-state index in [9.17, 15) is 9.59 Å². The molecule has 2 amide bonds. The fraction of sp³-hybridized carbons (Fsp3) is 0.0625. The number of hydrogen-bond acceptors (Lipinski definition) is 4. The van der Waals surface area contributed by atoms with Crippen LogP contribution < -0.4 is 10.6 Å². The first-order valence-corrected chi connectivity index (χ1v) is 7.59. The van der Waals surface area contributed by atoms with Gasteiger partial charge in [-0.1, -0.05) is 18.2 Å². The van der Waals surface area contributed by atoms with E-state index in [0.29, 0.717) is 10.4 Å². The zero-order chi connectivity index (χ0) is 16.2. The molecule has 116 valence electrons. The van der Waals surface area contributed by atoms with Crippen molar-refractivity contribution in [2.75, 3.05) is 11.9 Å². The third kappa shape index (κ3) is 3.75. The first-order chi connectivity index (χ1) is 11.1. The summed E-state index contributed by atoms with van der Waals surface area (Å²) in [4.78, 5) is 27.9. The number of aromatic nitrogens is 1. The van der Waals surface area contributed by atoms with Gasteiger partial charge in [-0.2, -0.15) is 0 Å². The second-order valence-corrected chi connectivity index (χ2v) is 5.53. The largest absolute Gasteiger partial charge is 0.444 e. The Morgan fingerprint density at radius 3 is 2.78 bits per heavy atom. The van der Waals surface area contributed by atoms with Crippen LogP contribution in [0.2, 0.25) is 0 Å². The summed E-state index contributed by atoms with van der Waals surface area (Å²) in [7, 11) is 0. The molecule has 0 spiro atoms. The van der Waals surface area contributed by atoms with Crippen LogP contribution in [0.15, 0.2) is 57.7 Å². The number of pyridine rings is 1. The van der Waals surface area contributed by atoms with Crippen LogP contribution in [0.5, 0.6) is 0 Å². The maximum absolute atomic E-state index is 11.9. The predicted molar refractivity (Wildman–Crippen MR) is 89.1 cm³/mol. The van der Waals surface area contributed by atoms with Gasteiger partial charge in [0.15, 0.2) is 10.4 Å². The molecule has 3 rings (SSSR count). The number of carbonyl (C=O) groups is 2. The van der Waals surface area contributed by atoms with E-state index in [0.717, 1.165) is 10.9 Å². The number of halogens is 1. The summed E-state index contributed by atoms with van der Waals surface area (Å²) >= 11 is 3.11. The molecule has 0 fully saturated rings. The van der Waals surface area contributed by atoms with Gasteiger partial charge >= 0.3 is 0 Å². The van der Waals surface area contributed by atoms with E-state index in [4.69, 9.17) is 4.42 Å². The molecule has 0 radical (unpaired) electrons. The van der Waals surface area contributed by atoms with E-state index in [1.54, 1.807) is 12.3 Å². The molecular weight excluding hydrogens is 362 g/mol. The first kappa shape index (κ1) is 15.2. The van der Waals surface area contributed by atoms with Gasteiger partial charge in [0.05, 0.1) is 23.9 Å². The van der Waals surface area contributed by atoms with E-state index >= 15 is 0 Å². The van der Waals surface area contributed by atoms with Crippen molar-refractivity contribution in [3.8, 4) is 0 Å². The molecule has 0 bridgehead atoms. The van der Waals surface area contributed by atoms with Crippen LogP contribution in [0.4, 0.5) is 5.69 Å². The van der Waals surface area contributed by atoms with Crippen molar-refractivity contribution in [3.05, 3.63) is 59.1 Å². The Hall–Kier alpha value is -2.67. The molecule has 6 nitrogen and oxygen atoms in total. The van der Waals surface area contributed by atoms with E-state index < -0.39 is 5.91 Å². The van der Waals surface area contributed by atoms with Gasteiger partial charge in [-0.25, -0.2) is 0 Å². The molecule has 2 heterocycles. The van der Waals surface area contributed by atoms with Crippen LogP contribution in [0.3, 0.4) is 0 Å². The molecule has 0 aliphatic heterocycles. The van der Waals surface area contributed by atoms with Crippen molar-refractivity contribution in [2.24, 2.45) is 0 Å². The second kappa shape index (κ2) is 6.62. The average Bonchev–Trinajstić information content (AvgIpc) is 2.99. The van der Waals surface area contributed by atoms with Crippen molar-refractivity contribution in [1.82, 2.24) is 10.3 Å². The van der Waals surface area contributed by atoms with Crippen molar-refractivity contribution in [1.29, 1.82) is 0 Å². The molecule has 23 heavy (non-hydrogen) atoms. The highest BCUT2D eigenvalue weighted by atomic mass is 79.9. The minimum Gasteiger partial charge on any atom is -0.444 e. The molecule has 2 aromatic heterocycles. The fourth-order valence-corrected chi connectivity index (χ4v) is 2.34.